The number of aliphatic carboxylic acids is 1. The average molecular weight is 958 g/mol. The van der Waals surface area contributed by atoms with Crippen molar-refractivity contribution in [3.8, 4) is 0 Å². The Balaban J connectivity index is 0.000000539. The monoisotopic (exact) mass is 956 g/mol. The zero-order valence-corrected chi connectivity index (χ0v) is 41.1. The van der Waals surface area contributed by atoms with Gasteiger partial charge >= 0.3 is 24.1 Å². The van der Waals surface area contributed by atoms with Crippen molar-refractivity contribution in [2.75, 3.05) is 42.3 Å². The van der Waals surface area contributed by atoms with Gasteiger partial charge in [0.2, 0.25) is 6.29 Å². The number of halogens is 3. The minimum atomic E-state index is -1.21. The minimum Gasteiger partial charge on any atom is -0.480 e. The van der Waals surface area contributed by atoms with Crippen LogP contribution in [-0.4, -0.2) is 127 Å². The number of likely N-dealkylation sites (N-methyl/N-ethyl adjacent to an activating group) is 4. The van der Waals surface area contributed by atoms with Gasteiger partial charge in [-0.3, -0.25) is 38.8 Å². The maximum absolute atomic E-state index is 13.1. The molecule has 2 aliphatic carbocycles. The zero-order chi connectivity index (χ0) is 48.0. The lowest BCUT2D eigenvalue weighted by atomic mass is 9.74. The maximum atomic E-state index is 13.1. The lowest BCUT2D eigenvalue weighted by Gasteiger charge is -2.43. The minimum absolute atomic E-state index is 0. The molecule has 0 spiro atoms. The van der Waals surface area contributed by atoms with E-state index in [-0.39, 0.29) is 36.9 Å². The average Bonchev–Trinajstić information content (AvgIpc) is 3.18. The highest BCUT2D eigenvalue weighted by atomic mass is 35.5. The third kappa shape index (κ3) is 14.5. The number of carboxylic acids is 1. The van der Waals surface area contributed by atoms with Crippen LogP contribution in [0, 0.1) is 11.8 Å². The standard InChI is InChI=1S/C23H33ClN2O5.C16H19Cl2NO3.C7H15NO2.CH4/c1-15(2)20(25(4)5)21(28)30-16(3)31-22(29)26(6)23(14-10-9-13-19(23)27)17-11-7-8-12-18(17)24;1-11(17)22-15(21)19(2)16(10-6-5-9-14(16)20)12-7-3-4-8-13(12)18;1-5(2)6(7(9)10)8(3)4;/h7-8,11-12,15-16,20H,9-10,13-14H2,1-6H3;3-4,7-8,11H,5-6,9-10H2,1-2H3;5-6H,1-4H3,(H,9,10);1H4/t16?,20-,23-;11?,16-;6-;/m000./s1. The molecule has 0 bridgehead atoms. The summed E-state index contributed by atoms with van der Waals surface area (Å²) in [5.74, 6) is -1.14. The van der Waals surface area contributed by atoms with Crippen LogP contribution in [0.1, 0.15) is 111 Å². The molecule has 2 saturated carbocycles. The van der Waals surface area contributed by atoms with Crippen LogP contribution in [0.4, 0.5) is 9.59 Å². The van der Waals surface area contributed by atoms with E-state index in [2.05, 4.69) is 0 Å². The number of carbonyl (C=O) groups excluding carboxylic acids is 5. The summed E-state index contributed by atoms with van der Waals surface area (Å²) in [4.78, 5) is 80.4. The van der Waals surface area contributed by atoms with Crippen molar-refractivity contribution in [3.63, 3.8) is 0 Å². The Bertz CT molecular complexity index is 1860. The van der Waals surface area contributed by atoms with Crippen molar-refractivity contribution < 1.29 is 48.1 Å². The Morgan fingerprint density at radius 3 is 1.28 bits per heavy atom. The van der Waals surface area contributed by atoms with E-state index in [4.69, 9.17) is 54.1 Å². The van der Waals surface area contributed by atoms with Crippen molar-refractivity contribution in [1.29, 1.82) is 0 Å². The van der Waals surface area contributed by atoms with E-state index < -0.39 is 53.1 Å². The Kier molecular flexibility index (Phi) is 23.8. The molecule has 0 aromatic heterocycles. The quantitative estimate of drug-likeness (QED) is 0.115. The van der Waals surface area contributed by atoms with Crippen molar-refractivity contribution >= 4 is 70.5 Å². The van der Waals surface area contributed by atoms with Gasteiger partial charge in [0.05, 0.1) is 0 Å². The number of benzene rings is 2. The molecule has 2 aliphatic rings. The van der Waals surface area contributed by atoms with E-state index in [1.165, 1.54) is 23.8 Å². The summed E-state index contributed by atoms with van der Waals surface area (Å²) in [7, 11) is 10.2. The highest BCUT2D eigenvalue weighted by Gasteiger charge is 2.50. The van der Waals surface area contributed by atoms with Crippen molar-refractivity contribution in [2.24, 2.45) is 11.8 Å². The third-order valence-corrected chi connectivity index (χ3v) is 12.1. The number of hydrogen-bond donors (Lipinski definition) is 1. The van der Waals surface area contributed by atoms with Crippen LogP contribution >= 0.6 is 34.8 Å². The Morgan fingerprint density at radius 1 is 0.609 bits per heavy atom. The lowest BCUT2D eigenvalue weighted by Crippen LogP contribution is -2.55. The Hall–Kier alpha value is -3.95. The summed E-state index contributed by atoms with van der Waals surface area (Å²) in [5, 5.41) is 9.56. The molecule has 2 aromatic carbocycles. The van der Waals surface area contributed by atoms with Gasteiger partial charge < -0.3 is 19.3 Å². The molecule has 6 atom stereocenters. The van der Waals surface area contributed by atoms with E-state index in [1.54, 1.807) is 94.4 Å². The number of alkyl halides is 1. The fourth-order valence-corrected chi connectivity index (χ4v) is 9.11. The number of rotatable bonds is 13. The molecule has 0 heterocycles. The van der Waals surface area contributed by atoms with Crippen LogP contribution in [-0.2, 0) is 44.5 Å². The van der Waals surface area contributed by atoms with Gasteiger partial charge in [0, 0.05) is 55.0 Å². The van der Waals surface area contributed by atoms with E-state index in [0.29, 0.717) is 46.9 Å². The van der Waals surface area contributed by atoms with E-state index in [0.717, 1.165) is 25.7 Å². The van der Waals surface area contributed by atoms with Crippen LogP contribution in [0.2, 0.25) is 10.0 Å². The van der Waals surface area contributed by atoms with Crippen molar-refractivity contribution in [1.82, 2.24) is 19.6 Å². The lowest BCUT2D eigenvalue weighted by molar-refractivity contribution is -0.174. The highest BCUT2D eigenvalue weighted by Crippen LogP contribution is 2.44. The van der Waals surface area contributed by atoms with Gasteiger partial charge in [-0.25, -0.2) is 9.59 Å². The van der Waals surface area contributed by atoms with Crippen LogP contribution in [0.3, 0.4) is 0 Å². The number of hydrogen-bond acceptors (Lipinski definition) is 11. The summed E-state index contributed by atoms with van der Waals surface area (Å²) in [6, 6.07) is 13.3. The molecule has 14 nitrogen and oxygen atoms in total. The van der Waals surface area contributed by atoms with Gasteiger partial charge in [0.25, 0.3) is 0 Å². The second-order valence-electron chi connectivity index (χ2n) is 17.0. The number of Topliss-reactive ketones (excluding diaryl/α,β-unsaturated/α-hetero) is 2. The fourth-order valence-electron chi connectivity index (χ4n) is 8.45. The molecule has 2 unspecified atom stereocenters. The molecular formula is C47H71Cl3N4O10. The van der Waals surface area contributed by atoms with Gasteiger partial charge in [-0.1, -0.05) is 106 Å². The number of ether oxygens (including phenoxy) is 3. The van der Waals surface area contributed by atoms with E-state index >= 15 is 0 Å². The zero-order valence-electron chi connectivity index (χ0n) is 38.8. The fraction of sp³-hybridized carbons (Fsp3) is 0.617. The third-order valence-electron chi connectivity index (χ3n) is 11.3. The molecule has 0 radical (unpaired) electrons. The van der Waals surface area contributed by atoms with E-state index in [9.17, 15) is 28.8 Å². The molecule has 4 rings (SSSR count). The number of amides is 2. The van der Waals surface area contributed by atoms with Gasteiger partial charge in [-0.05, 0) is 97.6 Å². The molecule has 64 heavy (non-hydrogen) atoms. The van der Waals surface area contributed by atoms with Crippen molar-refractivity contribution in [3.05, 3.63) is 69.7 Å². The molecule has 360 valence electrons. The molecule has 2 fully saturated rings. The van der Waals surface area contributed by atoms with E-state index in [1.807, 2.05) is 33.8 Å². The van der Waals surface area contributed by atoms with Crippen molar-refractivity contribution in [2.45, 2.75) is 135 Å². The first-order valence-electron chi connectivity index (χ1n) is 21.2. The first-order valence-corrected chi connectivity index (χ1v) is 22.4. The van der Waals surface area contributed by atoms with Crippen LogP contribution in [0.5, 0.6) is 0 Å². The Morgan fingerprint density at radius 2 is 0.984 bits per heavy atom. The predicted octanol–water partition coefficient (Wildman–Crippen LogP) is 9.85. The maximum Gasteiger partial charge on any atom is 0.413 e. The number of ketones is 2. The van der Waals surface area contributed by atoms with Gasteiger partial charge in [-0.15, -0.1) is 0 Å². The highest BCUT2D eigenvalue weighted by molar-refractivity contribution is 6.32. The number of nitrogens with zero attached hydrogens (tertiary/aromatic N) is 4. The van der Waals surface area contributed by atoms with Crippen LogP contribution in [0.15, 0.2) is 48.5 Å². The summed E-state index contributed by atoms with van der Waals surface area (Å²) in [6.45, 7) is 10.7. The molecule has 0 saturated heterocycles. The molecule has 1 N–H and O–H groups in total. The number of carboxylic acid groups (broad SMARTS) is 1. The second kappa shape index (κ2) is 26.3. The number of esters is 1. The topological polar surface area (TPSA) is 163 Å². The Labute approximate surface area is 395 Å². The summed E-state index contributed by atoms with van der Waals surface area (Å²) in [5.41, 5.74) is -1.83. The molecular weight excluding hydrogens is 887 g/mol. The summed E-state index contributed by atoms with van der Waals surface area (Å²) >= 11 is 18.5. The summed E-state index contributed by atoms with van der Waals surface area (Å²) < 4.78 is 15.8. The van der Waals surface area contributed by atoms with Crippen LogP contribution in [0.25, 0.3) is 0 Å². The normalized spacial score (nSPS) is 20.3. The summed E-state index contributed by atoms with van der Waals surface area (Å²) in [6.07, 6.45) is 2.46. The molecule has 2 amide bonds. The largest absolute Gasteiger partial charge is 0.480 e. The molecule has 17 heteroatoms. The number of carbonyl (C=O) groups is 6. The first-order chi connectivity index (χ1) is 29.4. The predicted molar refractivity (Wildman–Crippen MR) is 252 cm³/mol. The van der Waals surface area contributed by atoms with Gasteiger partial charge in [0.1, 0.15) is 23.2 Å². The van der Waals surface area contributed by atoms with Gasteiger partial charge in [0.15, 0.2) is 17.1 Å². The SMILES string of the molecule is C.CC(C)[C@@H](C(=O)O)N(C)C.CC(Cl)OC(=O)N(C)[C@]1(c2ccccc2Cl)CCCCC1=O.CC(OC(=O)[C@H](C(C)C)N(C)C)OC(=O)N(C)[C@]1(c2ccccc2Cl)CCCCC1=O. The smallest absolute Gasteiger partial charge is 0.413 e. The van der Waals surface area contributed by atoms with Crippen LogP contribution < -0.4 is 0 Å². The first kappa shape index (κ1) is 58.1. The second-order valence-corrected chi connectivity index (χ2v) is 18.4. The molecule has 2 aromatic rings. The molecule has 0 aliphatic heterocycles. The van der Waals surface area contributed by atoms with Gasteiger partial charge in [-0.2, -0.15) is 0 Å².